The largest absolute Gasteiger partial charge is 0.317 e. The van der Waals surface area contributed by atoms with Crippen molar-refractivity contribution in [1.82, 2.24) is 15.1 Å². The third-order valence-electron chi connectivity index (χ3n) is 4.71. The summed E-state index contributed by atoms with van der Waals surface area (Å²) in [7, 11) is 0. The maximum absolute atomic E-state index is 3.51. The normalized spacial score (nSPS) is 35.8. The zero-order valence-corrected chi connectivity index (χ0v) is 11.8. The number of hydrogen-bond donors (Lipinski definition) is 1. The Morgan fingerprint density at radius 3 is 2.53 bits per heavy atom. The smallest absolute Gasteiger partial charge is 0.0195 e. The topological polar surface area (TPSA) is 18.5 Å². The Hall–Kier alpha value is -0.120. The van der Waals surface area contributed by atoms with E-state index in [1.807, 2.05) is 0 Å². The van der Waals surface area contributed by atoms with Crippen molar-refractivity contribution in [2.45, 2.75) is 45.7 Å². The third-order valence-corrected chi connectivity index (χ3v) is 4.71. The van der Waals surface area contributed by atoms with Gasteiger partial charge in [0.25, 0.3) is 0 Å². The molecule has 3 nitrogen and oxygen atoms in total. The number of rotatable bonds is 5. The van der Waals surface area contributed by atoms with E-state index in [2.05, 4.69) is 35.9 Å². The van der Waals surface area contributed by atoms with Crippen LogP contribution in [0.3, 0.4) is 0 Å². The molecule has 2 rings (SSSR count). The van der Waals surface area contributed by atoms with E-state index < -0.39 is 0 Å². The van der Waals surface area contributed by atoms with Crippen molar-refractivity contribution in [3.63, 3.8) is 0 Å². The van der Waals surface area contributed by atoms with Crippen LogP contribution in [0, 0.1) is 5.92 Å². The molecule has 0 aromatic heterocycles. The van der Waals surface area contributed by atoms with Crippen molar-refractivity contribution in [3.8, 4) is 0 Å². The van der Waals surface area contributed by atoms with Crippen molar-refractivity contribution >= 4 is 0 Å². The van der Waals surface area contributed by atoms with Crippen molar-refractivity contribution in [3.05, 3.63) is 0 Å². The molecule has 0 aromatic carbocycles. The van der Waals surface area contributed by atoms with Gasteiger partial charge in [-0.25, -0.2) is 0 Å². The fourth-order valence-electron chi connectivity index (χ4n) is 3.39. The Balaban J connectivity index is 1.79. The summed E-state index contributed by atoms with van der Waals surface area (Å²) in [6, 6.07) is 1.62. The Bertz CT molecular complexity index is 232. The van der Waals surface area contributed by atoms with Crippen LogP contribution in [0.2, 0.25) is 0 Å². The molecule has 3 heteroatoms. The number of hydrogen-bond acceptors (Lipinski definition) is 3. The molecule has 0 amide bonds. The first kappa shape index (κ1) is 13.3. The molecule has 3 atom stereocenters. The zero-order chi connectivity index (χ0) is 12.3. The van der Waals surface area contributed by atoms with Crippen LogP contribution in [0.5, 0.6) is 0 Å². The second-order valence-electron chi connectivity index (χ2n) is 5.69. The van der Waals surface area contributed by atoms with Crippen LogP contribution < -0.4 is 5.32 Å². The molecule has 0 aromatic rings. The summed E-state index contributed by atoms with van der Waals surface area (Å²) >= 11 is 0. The van der Waals surface area contributed by atoms with Crippen LogP contribution >= 0.6 is 0 Å². The molecule has 100 valence electrons. The maximum Gasteiger partial charge on any atom is 0.0195 e. The molecule has 1 N–H and O–H groups in total. The van der Waals surface area contributed by atoms with Crippen LogP contribution in [0.1, 0.15) is 33.6 Å². The first-order chi connectivity index (χ1) is 8.26. The first-order valence-electron chi connectivity index (χ1n) is 7.45. The molecule has 17 heavy (non-hydrogen) atoms. The second-order valence-corrected chi connectivity index (χ2v) is 5.69. The van der Waals surface area contributed by atoms with E-state index >= 15 is 0 Å². The van der Waals surface area contributed by atoms with Gasteiger partial charge >= 0.3 is 0 Å². The summed E-state index contributed by atoms with van der Waals surface area (Å²) in [6.07, 6.45) is 2.86. The summed E-state index contributed by atoms with van der Waals surface area (Å²) in [5.74, 6) is 0.912. The lowest BCUT2D eigenvalue weighted by Gasteiger charge is -2.49. The zero-order valence-electron chi connectivity index (χ0n) is 11.8. The summed E-state index contributed by atoms with van der Waals surface area (Å²) in [6.45, 7) is 14.2. The minimum atomic E-state index is 0.745. The molecule has 0 spiro atoms. The number of nitrogens with one attached hydrogen (secondary N) is 1. The molecular weight excluding hydrogens is 210 g/mol. The van der Waals surface area contributed by atoms with Crippen LogP contribution in [-0.2, 0) is 0 Å². The van der Waals surface area contributed by atoms with Crippen molar-refractivity contribution in [2.24, 2.45) is 5.92 Å². The van der Waals surface area contributed by atoms with Crippen molar-refractivity contribution < 1.29 is 0 Å². The predicted molar refractivity (Wildman–Crippen MR) is 73.3 cm³/mol. The Labute approximate surface area is 107 Å². The SMILES string of the molecule is CCNCC1CCC1N1CCN(CC)C(C)C1. The van der Waals surface area contributed by atoms with Gasteiger partial charge in [-0.15, -0.1) is 0 Å². The fraction of sp³-hybridized carbons (Fsp3) is 1.00. The standard InChI is InChI=1S/C14H29N3/c1-4-15-10-13-6-7-14(13)17-9-8-16(5-2)12(3)11-17/h12-15H,4-11H2,1-3H3. The van der Waals surface area contributed by atoms with Gasteiger partial charge in [-0.2, -0.15) is 0 Å². The predicted octanol–water partition coefficient (Wildman–Crippen LogP) is 1.40. The number of likely N-dealkylation sites (N-methyl/N-ethyl adjacent to an activating group) is 1. The van der Waals surface area contributed by atoms with Gasteiger partial charge in [0.05, 0.1) is 0 Å². The van der Waals surface area contributed by atoms with Crippen LogP contribution in [0.15, 0.2) is 0 Å². The van der Waals surface area contributed by atoms with Gasteiger partial charge in [0.2, 0.25) is 0 Å². The Kier molecular flexibility index (Phi) is 4.83. The fourth-order valence-corrected chi connectivity index (χ4v) is 3.39. The number of nitrogens with zero attached hydrogens (tertiary/aromatic N) is 2. The summed E-state index contributed by atoms with van der Waals surface area (Å²) < 4.78 is 0. The van der Waals surface area contributed by atoms with E-state index in [-0.39, 0.29) is 0 Å². The highest BCUT2D eigenvalue weighted by molar-refractivity contribution is 4.93. The molecule has 2 aliphatic rings. The average Bonchev–Trinajstić information content (AvgIpc) is 2.28. The molecule has 0 bridgehead atoms. The molecule has 1 aliphatic heterocycles. The lowest BCUT2D eigenvalue weighted by molar-refractivity contribution is 0.000216. The van der Waals surface area contributed by atoms with Crippen molar-refractivity contribution in [1.29, 1.82) is 0 Å². The van der Waals surface area contributed by atoms with Gasteiger partial charge in [0.1, 0.15) is 0 Å². The highest BCUT2D eigenvalue weighted by Gasteiger charge is 2.37. The van der Waals surface area contributed by atoms with E-state index in [1.165, 1.54) is 45.6 Å². The minimum Gasteiger partial charge on any atom is -0.317 e. The van der Waals surface area contributed by atoms with E-state index in [0.717, 1.165) is 24.5 Å². The maximum atomic E-state index is 3.51. The highest BCUT2D eigenvalue weighted by atomic mass is 15.3. The van der Waals surface area contributed by atoms with Gasteiger partial charge in [-0.3, -0.25) is 9.80 Å². The molecule has 3 unspecified atom stereocenters. The summed E-state index contributed by atoms with van der Waals surface area (Å²) in [5, 5.41) is 3.51. The van der Waals surface area contributed by atoms with E-state index in [9.17, 15) is 0 Å². The minimum absolute atomic E-state index is 0.745. The Morgan fingerprint density at radius 1 is 1.18 bits per heavy atom. The summed E-state index contributed by atoms with van der Waals surface area (Å²) in [5.41, 5.74) is 0. The van der Waals surface area contributed by atoms with Gasteiger partial charge in [-0.1, -0.05) is 13.8 Å². The van der Waals surface area contributed by atoms with Crippen LogP contribution in [-0.4, -0.2) is 61.2 Å². The van der Waals surface area contributed by atoms with Gasteiger partial charge < -0.3 is 5.32 Å². The Morgan fingerprint density at radius 2 is 2.00 bits per heavy atom. The first-order valence-corrected chi connectivity index (χ1v) is 7.45. The lowest BCUT2D eigenvalue weighted by Crippen LogP contribution is -2.59. The average molecular weight is 239 g/mol. The summed E-state index contributed by atoms with van der Waals surface area (Å²) in [4.78, 5) is 5.36. The van der Waals surface area contributed by atoms with Gasteiger partial charge in [0, 0.05) is 31.7 Å². The lowest BCUT2D eigenvalue weighted by atomic mass is 9.78. The second kappa shape index (κ2) is 6.17. The molecular formula is C14H29N3. The molecule has 1 aliphatic carbocycles. The van der Waals surface area contributed by atoms with Crippen LogP contribution in [0.25, 0.3) is 0 Å². The molecule has 1 saturated carbocycles. The van der Waals surface area contributed by atoms with E-state index in [0.29, 0.717) is 0 Å². The van der Waals surface area contributed by atoms with Crippen molar-refractivity contribution in [2.75, 3.05) is 39.3 Å². The van der Waals surface area contributed by atoms with E-state index in [1.54, 1.807) is 0 Å². The van der Waals surface area contributed by atoms with E-state index in [4.69, 9.17) is 0 Å². The van der Waals surface area contributed by atoms with Crippen LogP contribution in [0.4, 0.5) is 0 Å². The molecule has 1 saturated heterocycles. The third kappa shape index (κ3) is 3.01. The van der Waals surface area contributed by atoms with Gasteiger partial charge in [-0.05, 0) is 45.3 Å². The molecule has 1 heterocycles. The monoisotopic (exact) mass is 239 g/mol. The van der Waals surface area contributed by atoms with Gasteiger partial charge in [0.15, 0.2) is 0 Å². The quantitative estimate of drug-likeness (QED) is 0.782. The highest BCUT2D eigenvalue weighted by Crippen LogP contribution is 2.32. The molecule has 2 fully saturated rings. The molecule has 0 radical (unpaired) electrons. The number of piperazine rings is 1.